The second-order valence-electron chi connectivity index (χ2n) is 2.57. The monoisotopic (exact) mass is 177 g/mol. The number of benzene rings is 1. The lowest BCUT2D eigenvalue weighted by atomic mass is 10.1. The van der Waals surface area contributed by atoms with Crippen LogP contribution in [0.1, 0.15) is 11.1 Å². The third-order valence-corrected chi connectivity index (χ3v) is 1.90. The van der Waals surface area contributed by atoms with E-state index in [1.54, 1.807) is 6.20 Å². The van der Waals surface area contributed by atoms with Crippen molar-refractivity contribution in [3.63, 3.8) is 0 Å². The summed E-state index contributed by atoms with van der Waals surface area (Å²) in [6, 6.07) is 8.10. The van der Waals surface area contributed by atoms with Crippen LogP contribution in [-0.4, -0.2) is 6.72 Å². The molecule has 0 heterocycles. The lowest BCUT2D eigenvalue weighted by Gasteiger charge is -1.99. The van der Waals surface area contributed by atoms with E-state index in [4.69, 9.17) is 0 Å². The fourth-order valence-corrected chi connectivity index (χ4v) is 1.19. The Balaban J connectivity index is 3.03. The molecule has 0 saturated heterocycles. The van der Waals surface area contributed by atoms with Crippen molar-refractivity contribution in [1.82, 2.24) is 0 Å². The van der Waals surface area contributed by atoms with Gasteiger partial charge in [-0.25, -0.2) is 0 Å². The third kappa shape index (κ3) is 2.24. The number of nitrogens with zero attached hydrogens (tertiary/aromatic N) is 1. The van der Waals surface area contributed by atoms with Crippen molar-refractivity contribution in [2.75, 3.05) is 0 Å². The highest BCUT2D eigenvalue weighted by molar-refractivity contribution is 7.90. The minimum Gasteiger partial charge on any atom is -0.271 e. The Kier molecular flexibility index (Phi) is 3.11. The van der Waals surface area contributed by atoms with Gasteiger partial charge in [0.2, 0.25) is 0 Å². The average molecular weight is 177 g/mol. The maximum Gasteiger partial charge on any atom is 0.0400 e. The van der Waals surface area contributed by atoms with Gasteiger partial charge >= 0.3 is 0 Å². The fraction of sp³-hybridized carbons (Fsp3) is 0.100. The molecule has 0 atom stereocenters. The maximum atomic E-state index is 4.27. The van der Waals surface area contributed by atoms with Crippen LogP contribution in [0.2, 0.25) is 0 Å². The van der Waals surface area contributed by atoms with Crippen LogP contribution >= 0.6 is 12.6 Å². The zero-order valence-electron chi connectivity index (χ0n) is 6.99. The summed E-state index contributed by atoms with van der Waals surface area (Å²) >= 11 is 4.27. The van der Waals surface area contributed by atoms with Crippen molar-refractivity contribution in [2.24, 2.45) is 4.99 Å². The van der Waals surface area contributed by atoms with Gasteiger partial charge in [-0.05, 0) is 19.2 Å². The van der Waals surface area contributed by atoms with E-state index in [1.165, 1.54) is 5.56 Å². The summed E-state index contributed by atoms with van der Waals surface area (Å²) in [5, 5.41) is 0. The SMILES string of the molecule is C=N/C=C(\S)c1cccc(C)c1. The summed E-state index contributed by atoms with van der Waals surface area (Å²) < 4.78 is 0. The van der Waals surface area contributed by atoms with Crippen LogP contribution in [-0.2, 0) is 0 Å². The van der Waals surface area contributed by atoms with E-state index in [1.807, 2.05) is 25.1 Å². The van der Waals surface area contributed by atoms with Gasteiger partial charge in [-0.2, -0.15) is 0 Å². The molecule has 0 fully saturated rings. The molecule has 0 spiro atoms. The molecule has 12 heavy (non-hydrogen) atoms. The number of aliphatic imine (C=N–C) groups is 1. The Morgan fingerprint density at radius 3 is 2.92 bits per heavy atom. The normalized spacial score (nSPS) is 11.3. The quantitative estimate of drug-likeness (QED) is 0.527. The molecule has 0 amide bonds. The van der Waals surface area contributed by atoms with Crippen molar-refractivity contribution < 1.29 is 0 Å². The van der Waals surface area contributed by atoms with Crippen LogP contribution in [0.25, 0.3) is 4.91 Å². The summed E-state index contributed by atoms with van der Waals surface area (Å²) in [4.78, 5) is 4.49. The lowest BCUT2D eigenvalue weighted by Crippen LogP contribution is -1.78. The highest BCUT2D eigenvalue weighted by Gasteiger charge is 1.94. The highest BCUT2D eigenvalue weighted by Crippen LogP contribution is 2.18. The smallest absolute Gasteiger partial charge is 0.0400 e. The summed E-state index contributed by atoms with van der Waals surface area (Å²) in [5.74, 6) is 0. The van der Waals surface area contributed by atoms with Crippen molar-refractivity contribution in [3.05, 3.63) is 41.6 Å². The molecule has 62 valence electrons. The molecule has 0 bridgehead atoms. The Bertz CT molecular complexity index is 315. The van der Waals surface area contributed by atoms with Crippen LogP contribution in [0.3, 0.4) is 0 Å². The molecule has 1 aromatic carbocycles. The number of hydrogen-bond donors (Lipinski definition) is 1. The molecular formula is C10H11NS. The molecule has 0 aliphatic carbocycles. The molecule has 2 heteroatoms. The minimum absolute atomic E-state index is 0.841. The minimum atomic E-state index is 0.841. The number of rotatable bonds is 2. The number of aryl methyl sites for hydroxylation is 1. The molecule has 0 unspecified atom stereocenters. The van der Waals surface area contributed by atoms with Gasteiger partial charge in [0.25, 0.3) is 0 Å². The largest absolute Gasteiger partial charge is 0.271 e. The fourth-order valence-electron chi connectivity index (χ4n) is 0.965. The first-order valence-corrected chi connectivity index (χ1v) is 4.11. The van der Waals surface area contributed by atoms with Gasteiger partial charge in [0.1, 0.15) is 0 Å². The van der Waals surface area contributed by atoms with Crippen molar-refractivity contribution in [2.45, 2.75) is 6.92 Å². The first kappa shape index (κ1) is 9.07. The Morgan fingerprint density at radius 2 is 2.33 bits per heavy atom. The van der Waals surface area contributed by atoms with Gasteiger partial charge in [-0.1, -0.05) is 29.8 Å². The molecule has 0 N–H and O–H groups in total. The van der Waals surface area contributed by atoms with E-state index in [0.717, 1.165) is 10.5 Å². The van der Waals surface area contributed by atoms with E-state index in [0.29, 0.717) is 0 Å². The predicted molar refractivity (Wildman–Crippen MR) is 57.7 cm³/mol. The van der Waals surface area contributed by atoms with Crippen molar-refractivity contribution >= 4 is 24.3 Å². The van der Waals surface area contributed by atoms with Gasteiger partial charge in [0.05, 0.1) is 0 Å². The molecule has 1 nitrogen and oxygen atoms in total. The van der Waals surface area contributed by atoms with Crippen molar-refractivity contribution in [3.8, 4) is 0 Å². The van der Waals surface area contributed by atoms with Crippen LogP contribution < -0.4 is 0 Å². The average Bonchev–Trinajstić information content (AvgIpc) is 2.05. The van der Waals surface area contributed by atoms with Gasteiger partial charge < -0.3 is 0 Å². The van der Waals surface area contributed by atoms with Gasteiger partial charge in [0, 0.05) is 11.1 Å². The van der Waals surface area contributed by atoms with E-state index in [-0.39, 0.29) is 0 Å². The van der Waals surface area contributed by atoms with Crippen molar-refractivity contribution in [1.29, 1.82) is 0 Å². The van der Waals surface area contributed by atoms with Crippen LogP contribution in [0, 0.1) is 6.92 Å². The van der Waals surface area contributed by atoms with Crippen LogP contribution in [0.5, 0.6) is 0 Å². The summed E-state index contributed by atoms with van der Waals surface area (Å²) in [6.07, 6.45) is 1.64. The Labute approximate surface area is 78.3 Å². The molecular weight excluding hydrogens is 166 g/mol. The second kappa shape index (κ2) is 4.12. The van der Waals surface area contributed by atoms with E-state index in [2.05, 4.69) is 30.4 Å². The highest BCUT2D eigenvalue weighted by atomic mass is 32.1. The van der Waals surface area contributed by atoms with Crippen LogP contribution in [0.15, 0.2) is 35.5 Å². The number of hydrogen-bond acceptors (Lipinski definition) is 2. The zero-order chi connectivity index (χ0) is 8.97. The lowest BCUT2D eigenvalue weighted by molar-refractivity contribution is 1.45. The molecule has 0 radical (unpaired) electrons. The number of thiol groups is 1. The van der Waals surface area contributed by atoms with Crippen LogP contribution in [0.4, 0.5) is 0 Å². The molecule has 1 rings (SSSR count). The summed E-state index contributed by atoms with van der Waals surface area (Å²) in [5.41, 5.74) is 2.29. The standard InChI is InChI=1S/C10H11NS/c1-8-4-3-5-9(6-8)10(12)7-11-2/h3-7,12H,2H2,1H3/b10-7-. The second-order valence-corrected chi connectivity index (χ2v) is 3.05. The first-order chi connectivity index (χ1) is 5.74. The first-order valence-electron chi connectivity index (χ1n) is 3.66. The molecule has 0 aliphatic rings. The Hall–Kier alpha value is -1.02. The van der Waals surface area contributed by atoms with Gasteiger partial charge in [0.15, 0.2) is 0 Å². The van der Waals surface area contributed by atoms with E-state index >= 15 is 0 Å². The summed E-state index contributed by atoms with van der Waals surface area (Å²) in [7, 11) is 0. The molecule has 0 aliphatic heterocycles. The van der Waals surface area contributed by atoms with E-state index in [9.17, 15) is 0 Å². The summed E-state index contributed by atoms with van der Waals surface area (Å²) in [6.45, 7) is 5.42. The molecule has 0 aromatic heterocycles. The topological polar surface area (TPSA) is 12.4 Å². The van der Waals surface area contributed by atoms with E-state index < -0.39 is 0 Å². The van der Waals surface area contributed by atoms with Gasteiger partial charge in [-0.15, -0.1) is 12.6 Å². The maximum absolute atomic E-state index is 4.27. The molecule has 1 aromatic rings. The zero-order valence-corrected chi connectivity index (χ0v) is 7.88. The van der Waals surface area contributed by atoms with Gasteiger partial charge in [-0.3, -0.25) is 4.99 Å². The third-order valence-electron chi connectivity index (χ3n) is 1.53. The predicted octanol–water partition coefficient (Wildman–Crippen LogP) is 2.92. The Morgan fingerprint density at radius 1 is 1.58 bits per heavy atom. The molecule has 0 saturated carbocycles.